The SMILES string of the molecule is C=C1CC[C@H](C(C)C)[C@@H]2[C@H]1[C@H]1CC(C)C(=O)CCC(C)(OC(C)=O)[C@@H]2O1. The lowest BCUT2D eigenvalue weighted by Gasteiger charge is -2.45. The molecule has 4 heteroatoms. The van der Waals surface area contributed by atoms with Crippen LogP contribution in [0.25, 0.3) is 0 Å². The summed E-state index contributed by atoms with van der Waals surface area (Å²) in [6.45, 7) is 14.4. The molecule has 0 aromatic carbocycles. The molecular weight excluding hydrogens is 328 g/mol. The van der Waals surface area contributed by atoms with Gasteiger partial charge in [-0.05, 0) is 44.4 Å². The molecule has 0 amide bonds. The first kappa shape index (κ1) is 19.6. The van der Waals surface area contributed by atoms with Crippen LogP contribution >= 0.6 is 0 Å². The zero-order valence-electron chi connectivity index (χ0n) is 16.9. The van der Waals surface area contributed by atoms with Crippen LogP contribution in [0.5, 0.6) is 0 Å². The van der Waals surface area contributed by atoms with E-state index >= 15 is 0 Å². The molecule has 2 aliphatic heterocycles. The van der Waals surface area contributed by atoms with E-state index in [0.717, 1.165) is 19.3 Å². The molecule has 0 N–H and O–H groups in total. The van der Waals surface area contributed by atoms with E-state index in [2.05, 4.69) is 20.4 Å². The summed E-state index contributed by atoms with van der Waals surface area (Å²) in [6, 6.07) is 0. The fraction of sp³-hybridized carbons (Fsp3) is 0.818. The Morgan fingerprint density at radius 2 is 2.04 bits per heavy atom. The van der Waals surface area contributed by atoms with Gasteiger partial charge in [0, 0.05) is 31.1 Å². The van der Waals surface area contributed by atoms with E-state index in [4.69, 9.17) is 9.47 Å². The number of ether oxygens (including phenoxy) is 2. The van der Waals surface area contributed by atoms with Gasteiger partial charge >= 0.3 is 5.97 Å². The van der Waals surface area contributed by atoms with Gasteiger partial charge in [0.05, 0.1) is 6.10 Å². The van der Waals surface area contributed by atoms with E-state index in [9.17, 15) is 9.59 Å². The van der Waals surface area contributed by atoms with Crippen LogP contribution in [-0.4, -0.2) is 29.6 Å². The highest BCUT2D eigenvalue weighted by atomic mass is 16.6. The average Bonchev–Trinajstić information content (AvgIpc) is 2.93. The molecule has 7 atom stereocenters. The van der Waals surface area contributed by atoms with Gasteiger partial charge in [-0.15, -0.1) is 0 Å². The second kappa shape index (κ2) is 7.10. The predicted octanol–water partition coefficient (Wildman–Crippen LogP) is 4.32. The Hall–Kier alpha value is -1.16. The third-order valence-electron chi connectivity index (χ3n) is 7.09. The highest BCUT2D eigenvalue weighted by molar-refractivity contribution is 5.81. The number of hydrogen-bond donors (Lipinski definition) is 0. The van der Waals surface area contributed by atoms with Crippen LogP contribution in [-0.2, 0) is 19.1 Å². The molecular formula is C22H34O4. The molecule has 2 unspecified atom stereocenters. The normalized spacial score (nSPS) is 43.5. The molecule has 3 fully saturated rings. The summed E-state index contributed by atoms with van der Waals surface area (Å²) in [5, 5.41) is 0. The lowest BCUT2D eigenvalue weighted by Crippen LogP contribution is -2.50. The molecule has 0 aromatic heterocycles. The van der Waals surface area contributed by atoms with Crippen LogP contribution in [0.4, 0.5) is 0 Å². The highest BCUT2D eigenvalue weighted by Crippen LogP contribution is 2.55. The monoisotopic (exact) mass is 362 g/mol. The summed E-state index contributed by atoms with van der Waals surface area (Å²) < 4.78 is 12.5. The Labute approximate surface area is 157 Å². The second-order valence-electron chi connectivity index (χ2n) is 9.31. The molecule has 2 saturated heterocycles. The number of carbonyl (C=O) groups is 2. The Morgan fingerprint density at radius 3 is 2.65 bits per heavy atom. The van der Waals surface area contributed by atoms with Crippen LogP contribution in [0.3, 0.4) is 0 Å². The molecule has 0 radical (unpaired) electrons. The second-order valence-corrected chi connectivity index (χ2v) is 9.31. The number of rotatable bonds is 2. The third kappa shape index (κ3) is 3.37. The Kier molecular flexibility index (Phi) is 5.35. The van der Waals surface area contributed by atoms with Gasteiger partial charge in [0.2, 0.25) is 0 Å². The van der Waals surface area contributed by atoms with E-state index in [0.29, 0.717) is 30.6 Å². The van der Waals surface area contributed by atoms with Crippen LogP contribution in [0.1, 0.15) is 66.7 Å². The Bertz CT molecular complexity index is 595. The van der Waals surface area contributed by atoms with E-state index in [1.807, 2.05) is 13.8 Å². The van der Waals surface area contributed by atoms with E-state index in [1.165, 1.54) is 12.5 Å². The number of Topliss-reactive ketones (excluding diaryl/α,β-unsaturated/α-hetero) is 1. The highest BCUT2D eigenvalue weighted by Gasteiger charge is 2.58. The smallest absolute Gasteiger partial charge is 0.303 e. The molecule has 146 valence electrons. The summed E-state index contributed by atoms with van der Waals surface area (Å²) >= 11 is 0. The van der Waals surface area contributed by atoms with E-state index in [1.54, 1.807) is 0 Å². The van der Waals surface area contributed by atoms with Crippen LogP contribution in [0.15, 0.2) is 12.2 Å². The first-order valence-electron chi connectivity index (χ1n) is 10.2. The van der Waals surface area contributed by atoms with Crippen molar-refractivity contribution in [2.24, 2.45) is 29.6 Å². The topological polar surface area (TPSA) is 52.6 Å². The van der Waals surface area contributed by atoms with Gasteiger partial charge in [-0.3, -0.25) is 9.59 Å². The van der Waals surface area contributed by atoms with E-state index < -0.39 is 5.60 Å². The maximum atomic E-state index is 12.6. The summed E-state index contributed by atoms with van der Waals surface area (Å²) in [6.07, 6.45) is 3.72. The first-order chi connectivity index (χ1) is 12.1. The standard InChI is InChI=1S/C22H34O4/c1-12(2)16-8-7-13(3)19-18-11-14(4)17(24)9-10-22(6,26-15(5)23)21(25-18)20(16)19/h12,14,16,18-21H,3,7-11H2,1-2,4-6H3/t14?,16-,18-,19-,20-,21-,22?/m1/s1. The van der Waals surface area contributed by atoms with E-state index in [-0.39, 0.29) is 35.8 Å². The Balaban J connectivity index is 2.05. The van der Waals surface area contributed by atoms with Gasteiger partial charge in [-0.25, -0.2) is 0 Å². The van der Waals surface area contributed by atoms with Gasteiger partial charge in [0.15, 0.2) is 0 Å². The van der Waals surface area contributed by atoms with Crippen molar-refractivity contribution in [1.82, 2.24) is 0 Å². The van der Waals surface area contributed by atoms with Crippen molar-refractivity contribution in [3.05, 3.63) is 12.2 Å². The summed E-state index contributed by atoms with van der Waals surface area (Å²) in [5.41, 5.74) is 0.498. The summed E-state index contributed by atoms with van der Waals surface area (Å²) in [7, 11) is 0. The van der Waals surface area contributed by atoms with Crippen molar-refractivity contribution in [3.8, 4) is 0 Å². The lowest BCUT2D eigenvalue weighted by molar-refractivity contribution is -0.179. The zero-order valence-corrected chi connectivity index (χ0v) is 16.9. The number of ketones is 1. The molecule has 0 aromatic rings. The molecule has 26 heavy (non-hydrogen) atoms. The fourth-order valence-corrected chi connectivity index (χ4v) is 5.75. The van der Waals surface area contributed by atoms with Gasteiger partial charge in [0.1, 0.15) is 17.5 Å². The zero-order chi connectivity index (χ0) is 19.2. The maximum absolute atomic E-state index is 12.6. The van der Waals surface area contributed by atoms with Crippen molar-refractivity contribution >= 4 is 11.8 Å². The van der Waals surface area contributed by atoms with Crippen molar-refractivity contribution in [3.63, 3.8) is 0 Å². The molecule has 2 heterocycles. The predicted molar refractivity (Wildman–Crippen MR) is 101 cm³/mol. The molecule has 1 aliphatic carbocycles. The molecule has 2 bridgehead atoms. The molecule has 4 nitrogen and oxygen atoms in total. The number of hydrogen-bond acceptors (Lipinski definition) is 4. The Morgan fingerprint density at radius 1 is 1.35 bits per heavy atom. The fourth-order valence-electron chi connectivity index (χ4n) is 5.75. The maximum Gasteiger partial charge on any atom is 0.303 e. The molecule has 3 rings (SSSR count). The first-order valence-corrected chi connectivity index (χ1v) is 10.2. The quantitative estimate of drug-likeness (QED) is 0.542. The minimum absolute atomic E-state index is 0.00554. The van der Waals surface area contributed by atoms with Crippen molar-refractivity contribution in [2.45, 2.75) is 84.5 Å². The van der Waals surface area contributed by atoms with Crippen molar-refractivity contribution < 1.29 is 19.1 Å². The minimum Gasteiger partial charge on any atom is -0.457 e. The van der Waals surface area contributed by atoms with Crippen LogP contribution in [0, 0.1) is 29.6 Å². The van der Waals surface area contributed by atoms with Gasteiger partial charge in [0.25, 0.3) is 0 Å². The molecule has 1 saturated carbocycles. The number of esters is 1. The molecule has 3 aliphatic rings. The van der Waals surface area contributed by atoms with Crippen LogP contribution in [0.2, 0.25) is 0 Å². The largest absolute Gasteiger partial charge is 0.457 e. The molecule has 0 spiro atoms. The van der Waals surface area contributed by atoms with Gasteiger partial charge in [-0.2, -0.15) is 0 Å². The lowest BCUT2D eigenvalue weighted by atomic mass is 9.61. The average molecular weight is 363 g/mol. The number of carbonyl (C=O) groups excluding carboxylic acids is 2. The summed E-state index contributed by atoms with van der Waals surface area (Å²) in [4.78, 5) is 24.4. The number of fused-ring (bicyclic) bond motifs is 5. The summed E-state index contributed by atoms with van der Waals surface area (Å²) in [5.74, 6) is 1.58. The van der Waals surface area contributed by atoms with Gasteiger partial charge < -0.3 is 9.47 Å². The van der Waals surface area contributed by atoms with Crippen LogP contribution < -0.4 is 0 Å². The van der Waals surface area contributed by atoms with Crippen molar-refractivity contribution in [1.29, 1.82) is 0 Å². The third-order valence-corrected chi connectivity index (χ3v) is 7.09. The van der Waals surface area contributed by atoms with Crippen molar-refractivity contribution in [2.75, 3.05) is 0 Å². The minimum atomic E-state index is -0.756. The van der Waals surface area contributed by atoms with Gasteiger partial charge in [-0.1, -0.05) is 32.9 Å².